The zero-order valence-electron chi connectivity index (χ0n) is 8.37. The number of rotatable bonds is 3. The van der Waals surface area contributed by atoms with Gasteiger partial charge in [0, 0.05) is 17.8 Å². The third-order valence-corrected chi connectivity index (χ3v) is 2.95. The molecule has 0 fully saturated rings. The summed E-state index contributed by atoms with van der Waals surface area (Å²) in [4.78, 5) is 8.13. The van der Waals surface area contributed by atoms with Crippen LogP contribution in [0.25, 0.3) is 11.0 Å². The Bertz CT molecular complexity index is 605. The molecule has 0 aliphatic heterocycles. The van der Waals surface area contributed by atoms with E-state index < -0.39 is 10.1 Å². The second-order valence-electron chi connectivity index (χ2n) is 3.38. The van der Waals surface area contributed by atoms with E-state index in [0.29, 0.717) is 5.65 Å². The number of nitrogens with zero attached hydrogens (tertiary/aromatic N) is 2. The van der Waals surface area contributed by atoms with Gasteiger partial charge < -0.3 is 0 Å². The third kappa shape index (κ3) is 2.53. The fourth-order valence-electron chi connectivity index (χ4n) is 1.50. The molecule has 6 heteroatoms. The summed E-state index contributed by atoms with van der Waals surface area (Å²) in [5.74, 6) is -0.291. The first-order chi connectivity index (χ1) is 7.56. The van der Waals surface area contributed by atoms with Crippen molar-refractivity contribution in [3.05, 3.63) is 36.2 Å². The molecule has 0 amide bonds. The summed E-state index contributed by atoms with van der Waals surface area (Å²) in [5, 5.41) is 0.814. The van der Waals surface area contributed by atoms with Crippen LogP contribution in [0.2, 0.25) is 0 Å². The lowest BCUT2D eigenvalue weighted by Crippen LogP contribution is -2.07. The van der Waals surface area contributed by atoms with Gasteiger partial charge in [-0.25, -0.2) is 9.97 Å². The summed E-state index contributed by atoms with van der Waals surface area (Å²) in [5.41, 5.74) is 1.39. The van der Waals surface area contributed by atoms with Gasteiger partial charge in [0.25, 0.3) is 10.1 Å². The van der Waals surface area contributed by atoms with E-state index in [4.69, 9.17) is 4.55 Å². The number of aryl methyl sites for hydroxylation is 1. The Morgan fingerprint density at radius 3 is 2.69 bits per heavy atom. The van der Waals surface area contributed by atoms with Gasteiger partial charge >= 0.3 is 0 Å². The summed E-state index contributed by atoms with van der Waals surface area (Å²) >= 11 is 0. The maximum absolute atomic E-state index is 10.7. The van der Waals surface area contributed by atoms with E-state index in [9.17, 15) is 8.42 Å². The van der Waals surface area contributed by atoms with Gasteiger partial charge in [0.05, 0.1) is 5.75 Å². The quantitative estimate of drug-likeness (QED) is 0.809. The second kappa shape index (κ2) is 4.15. The van der Waals surface area contributed by atoms with Crippen LogP contribution >= 0.6 is 0 Å². The first kappa shape index (κ1) is 11.0. The van der Waals surface area contributed by atoms with Gasteiger partial charge in [-0.05, 0) is 30.2 Å². The highest BCUT2D eigenvalue weighted by atomic mass is 32.2. The lowest BCUT2D eigenvalue weighted by atomic mass is 10.1. The number of hydrogen-bond acceptors (Lipinski definition) is 4. The van der Waals surface area contributed by atoms with Gasteiger partial charge in [-0.1, -0.05) is 0 Å². The van der Waals surface area contributed by atoms with Crippen molar-refractivity contribution in [1.82, 2.24) is 9.97 Å². The van der Waals surface area contributed by atoms with Gasteiger partial charge in [-0.3, -0.25) is 4.55 Å². The average Bonchev–Trinajstić information content (AvgIpc) is 2.25. The average molecular weight is 238 g/mol. The van der Waals surface area contributed by atoms with Crippen molar-refractivity contribution >= 4 is 21.2 Å². The Balaban J connectivity index is 2.38. The minimum absolute atomic E-state index is 0.254. The monoisotopic (exact) mass is 238 g/mol. The number of aromatic nitrogens is 2. The maximum Gasteiger partial charge on any atom is 0.265 e. The van der Waals surface area contributed by atoms with Gasteiger partial charge in [0.2, 0.25) is 0 Å². The van der Waals surface area contributed by atoms with Crippen LogP contribution in [0, 0.1) is 0 Å². The highest BCUT2D eigenvalue weighted by Crippen LogP contribution is 2.14. The minimum Gasteiger partial charge on any atom is -0.286 e. The van der Waals surface area contributed by atoms with Crippen LogP contribution in [0.5, 0.6) is 0 Å². The Labute approximate surface area is 92.9 Å². The van der Waals surface area contributed by atoms with Crippen molar-refractivity contribution in [2.45, 2.75) is 6.42 Å². The predicted molar refractivity (Wildman–Crippen MR) is 59.7 cm³/mol. The van der Waals surface area contributed by atoms with Crippen molar-refractivity contribution in [1.29, 1.82) is 0 Å². The molecule has 0 saturated carbocycles. The van der Waals surface area contributed by atoms with Crippen LogP contribution in [0.15, 0.2) is 30.6 Å². The van der Waals surface area contributed by atoms with Crippen LogP contribution in [0.4, 0.5) is 0 Å². The van der Waals surface area contributed by atoms with Crippen molar-refractivity contribution in [2.75, 3.05) is 5.75 Å². The largest absolute Gasteiger partial charge is 0.286 e. The first-order valence-electron chi connectivity index (χ1n) is 4.70. The second-order valence-corrected chi connectivity index (χ2v) is 4.95. The summed E-state index contributed by atoms with van der Waals surface area (Å²) < 4.78 is 30.0. The Kier molecular flexibility index (Phi) is 2.84. The molecule has 84 valence electrons. The molecule has 2 heterocycles. The molecular formula is C10H10N2O3S. The molecule has 0 radical (unpaired) electrons. The Hall–Kier alpha value is -1.53. The standard InChI is InChI=1S/C10H10N2O3S/c13-16(14,15)7-4-8-3-6-12-10-9(8)2-1-5-11-10/h1-3,5-6H,4,7H2,(H,13,14,15). The normalized spacial score (nSPS) is 11.8. The van der Waals surface area contributed by atoms with Crippen LogP contribution in [-0.2, 0) is 16.5 Å². The number of hydrogen-bond donors (Lipinski definition) is 1. The van der Waals surface area contributed by atoms with Gasteiger partial charge in [0.1, 0.15) is 0 Å². The molecule has 0 spiro atoms. The van der Waals surface area contributed by atoms with Gasteiger partial charge in [0.15, 0.2) is 5.65 Å². The molecule has 0 unspecified atom stereocenters. The molecule has 16 heavy (non-hydrogen) atoms. The lowest BCUT2D eigenvalue weighted by molar-refractivity contribution is 0.483. The number of pyridine rings is 2. The molecule has 2 aromatic rings. The maximum atomic E-state index is 10.7. The van der Waals surface area contributed by atoms with Crippen LogP contribution in [0.3, 0.4) is 0 Å². The lowest BCUT2D eigenvalue weighted by Gasteiger charge is -2.03. The third-order valence-electron chi connectivity index (χ3n) is 2.23. The van der Waals surface area contributed by atoms with Crippen molar-refractivity contribution in [2.24, 2.45) is 0 Å². The van der Waals surface area contributed by atoms with Crippen LogP contribution in [0.1, 0.15) is 5.56 Å². The summed E-state index contributed by atoms with van der Waals surface area (Å²) in [6.45, 7) is 0. The van der Waals surface area contributed by atoms with Crippen molar-refractivity contribution < 1.29 is 13.0 Å². The van der Waals surface area contributed by atoms with E-state index in [0.717, 1.165) is 10.9 Å². The highest BCUT2D eigenvalue weighted by molar-refractivity contribution is 7.85. The highest BCUT2D eigenvalue weighted by Gasteiger charge is 2.08. The van der Waals surface area contributed by atoms with Crippen molar-refractivity contribution in [3.63, 3.8) is 0 Å². The zero-order valence-corrected chi connectivity index (χ0v) is 9.18. The van der Waals surface area contributed by atoms with E-state index >= 15 is 0 Å². The molecule has 1 N–H and O–H groups in total. The topological polar surface area (TPSA) is 80.2 Å². The fourth-order valence-corrected chi connectivity index (χ4v) is 1.97. The van der Waals surface area contributed by atoms with E-state index in [1.807, 2.05) is 6.07 Å². The molecule has 5 nitrogen and oxygen atoms in total. The smallest absolute Gasteiger partial charge is 0.265 e. The molecule has 0 aromatic carbocycles. The molecule has 0 bridgehead atoms. The summed E-state index contributed by atoms with van der Waals surface area (Å²) in [6, 6.07) is 5.32. The molecular weight excluding hydrogens is 228 g/mol. The Morgan fingerprint density at radius 2 is 1.94 bits per heavy atom. The van der Waals surface area contributed by atoms with E-state index in [-0.39, 0.29) is 12.2 Å². The minimum atomic E-state index is -3.93. The van der Waals surface area contributed by atoms with Crippen LogP contribution < -0.4 is 0 Å². The van der Waals surface area contributed by atoms with Gasteiger partial charge in [-0.15, -0.1) is 0 Å². The Morgan fingerprint density at radius 1 is 1.19 bits per heavy atom. The zero-order chi connectivity index (χ0) is 11.6. The number of fused-ring (bicyclic) bond motifs is 1. The summed E-state index contributed by atoms with van der Waals surface area (Å²) in [7, 11) is -3.93. The fraction of sp³-hybridized carbons (Fsp3) is 0.200. The van der Waals surface area contributed by atoms with Crippen molar-refractivity contribution in [3.8, 4) is 0 Å². The molecule has 2 rings (SSSR count). The van der Waals surface area contributed by atoms with Crippen LogP contribution in [-0.4, -0.2) is 28.7 Å². The van der Waals surface area contributed by atoms with E-state index in [2.05, 4.69) is 9.97 Å². The molecule has 0 aliphatic rings. The van der Waals surface area contributed by atoms with Gasteiger partial charge in [-0.2, -0.15) is 8.42 Å². The predicted octanol–water partition coefficient (Wildman–Crippen LogP) is 1.06. The SMILES string of the molecule is O=S(=O)(O)CCc1ccnc2ncccc12. The molecule has 0 saturated heterocycles. The molecule has 2 aromatic heterocycles. The molecule has 0 aliphatic carbocycles. The first-order valence-corrected chi connectivity index (χ1v) is 6.31. The summed E-state index contributed by atoms with van der Waals surface area (Å²) in [6.07, 6.45) is 3.46. The molecule has 0 atom stereocenters. The van der Waals surface area contributed by atoms with E-state index in [1.54, 1.807) is 24.5 Å². The van der Waals surface area contributed by atoms with E-state index in [1.165, 1.54) is 0 Å².